The Labute approximate surface area is 77.2 Å². The zero-order valence-corrected chi connectivity index (χ0v) is 7.82. The highest BCUT2D eigenvalue weighted by Crippen LogP contribution is 2.50. The predicted octanol–water partition coefficient (Wildman–Crippen LogP) is 2.20. The van der Waals surface area contributed by atoms with Gasteiger partial charge < -0.3 is 5.32 Å². The van der Waals surface area contributed by atoms with Crippen LogP contribution in [0.5, 0.6) is 0 Å². The third-order valence-electron chi connectivity index (χ3n) is 3.04. The Balaban J connectivity index is 1.92. The van der Waals surface area contributed by atoms with E-state index in [0.29, 0.717) is 5.92 Å². The van der Waals surface area contributed by atoms with Crippen LogP contribution in [0.25, 0.3) is 0 Å². The van der Waals surface area contributed by atoms with Crippen LogP contribution >= 0.6 is 0 Å². The lowest BCUT2D eigenvalue weighted by molar-refractivity contribution is 0.107. The van der Waals surface area contributed by atoms with E-state index >= 15 is 0 Å². The van der Waals surface area contributed by atoms with Gasteiger partial charge in [0.2, 0.25) is 0 Å². The van der Waals surface area contributed by atoms with Crippen molar-refractivity contribution in [2.24, 2.45) is 11.8 Å². The molecule has 74 valence electrons. The minimum atomic E-state index is -2.40. The molecule has 2 aliphatic rings. The lowest BCUT2D eigenvalue weighted by Crippen LogP contribution is -2.09. The van der Waals surface area contributed by atoms with E-state index in [0.717, 1.165) is 25.1 Å². The van der Waals surface area contributed by atoms with E-state index in [1.165, 1.54) is 0 Å². The van der Waals surface area contributed by atoms with Crippen molar-refractivity contribution < 1.29 is 8.78 Å². The van der Waals surface area contributed by atoms with Gasteiger partial charge in [-0.25, -0.2) is 8.78 Å². The first-order valence-corrected chi connectivity index (χ1v) is 4.86. The number of nitrogens with one attached hydrogen (secondary N) is 1. The van der Waals surface area contributed by atoms with Crippen molar-refractivity contribution in [3.63, 3.8) is 0 Å². The summed E-state index contributed by atoms with van der Waals surface area (Å²) in [4.78, 5) is 0. The molecule has 2 unspecified atom stereocenters. The summed E-state index contributed by atoms with van der Waals surface area (Å²) in [6.07, 6.45) is 2.93. The van der Waals surface area contributed by atoms with Crippen LogP contribution in [0.15, 0.2) is 11.6 Å². The van der Waals surface area contributed by atoms with Crippen LogP contribution < -0.4 is 5.32 Å². The molecule has 2 rings (SSSR count). The van der Waals surface area contributed by atoms with Gasteiger partial charge in [0.1, 0.15) is 0 Å². The Hall–Kier alpha value is -0.440. The lowest BCUT2D eigenvalue weighted by atomic mass is 9.98. The van der Waals surface area contributed by atoms with Crippen LogP contribution in [0.2, 0.25) is 0 Å². The summed E-state index contributed by atoms with van der Waals surface area (Å²) >= 11 is 0. The Morgan fingerprint density at radius 3 is 2.69 bits per heavy atom. The van der Waals surface area contributed by atoms with E-state index in [-0.39, 0.29) is 6.42 Å². The number of halogens is 2. The van der Waals surface area contributed by atoms with E-state index < -0.39 is 11.8 Å². The van der Waals surface area contributed by atoms with Gasteiger partial charge in [-0.2, -0.15) is 0 Å². The molecule has 0 bridgehead atoms. The molecule has 1 saturated carbocycles. The molecule has 1 saturated heterocycles. The van der Waals surface area contributed by atoms with Gasteiger partial charge in [-0.1, -0.05) is 11.6 Å². The maximum absolute atomic E-state index is 12.6. The predicted molar refractivity (Wildman–Crippen MR) is 47.8 cm³/mol. The fraction of sp³-hybridized carbons (Fsp3) is 0.800. The van der Waals surface area contributed by atoms with Crippen molar-refractivity contribution in [1.82, 2.24) is 5.32 Å². The highest BCUT2D eigenvalue weighted by Gasteiger charge is 2.55. The lowest BCUT2D eigenvalue weighted by Gasteiger charge is -2.08. The normalized spacial score (nSPS) is 37.9. The SMILES string of the molecule is C/C(=C\C1CC1(F)F)C1CCNC1. The largest absolute Gasteiger partial charge is 0.316 e. The first-order chi connectivity index (χ1) is 6.09. The van der Waals surface area contributed by atoms with E-state index in [1.54, 1.807) is 6.08 Å². The van der Waals surface area contributed by atoms with Crippen molar-refractivity contribution >= 4 is 0 Å². The van der Waals surface area contributed by atoms with Gasteiger partial charge in [0.15, 0.2) is 0 Å². The monoisotopic (exact) mass is 187 g/mol. The molecular formula is C10H15F2N. The Bertz CT molecular complexity index is 229. The van der Waals surface area contributed by atoms with Crippen molar-refractivity contribution in [3.05, 3.63) is 11.6 Å². The Morgan fingerprint density at radius 2 is 2.23 bits per heavy atom. The smallest absolute Gasteiger partial charge is 0.255 e. The van der Waals surface area contributed by atoms with Gasteiger partial charge in [-0.15, -0.1) is 0 Å². The average Bonchev–Trinajstić information content (AvgIpc) is 2.58. The molecule has 0 amide bonds. The fourth-order valence-corrected chi connectivity index (χ4v) is 1.91. The second kappa shape index (κ2) is 3.05. The molecule has 1 nitrogen and oxygen atoms in total. The molecular weight excluding hydrogens is 172 g/mol. The van der Waals surface area contributed by atoms with Gasteiger partial charge in [-0.3, -0.25) is 0 Å². The fourth-order valence-electron chi connectivity index (χ4n) is 1.91. The molecule has 13 heavy (non-hydrogen) atoms. The Morgan fingerprint density at radius 1 is 1.54 bits per heavy atom. The van der Waals surface area contributed by atoms with Crippen LogP contribution in [0, 0.1) is 11.8 Å². The number of rotatable bonds is 2. The molecule has 0 aromatic carbocycles. The zero-order chi connectivity index (χ0) is 9.47. The summed E-state index contributed by atoms with van der Waals surface area (Å²) in [7, 11) is 0. The molecule has 2 fully saturated rings. The highest BCUT2D eigenvalue weighted by atomic mass is 19.3. The number of alkyl halides is 2. The number of hydrogen-bond acceptors (Lipinski definition) is 1. The van der Waals surface area contributed by atoms with E-state index in [2.05, 4.69) is 5.32 Å². The van der Waals surface area contributed by atoms with Gasteiger partial charge in [0, 0.05) is 18.9 Å². The third kappa shape index (κ3) is 1.90. The third-order valence-corrected chi connectivity index (χ3v) is 3.04. The molecule has 0 aromatic heterocycles. The quantitative estimate of drug-likeness (QED) is 0.653. The topological polar surface area (TPSA) is 12.0 Å². The van der Waals surface area contributed by atoms with Crippen molar-refractivity contribution in [2.75, 3.05) is 13.1 Å². The molecule has 1 aliphatic heterocycles. The Kier molecular flexibility index (Phi) is 2.14. The van der Waals surface area contributed by atoms with Crippen molar-refractivity contribution in [3.8, 4) is 0 Å². The van der Waals surface area contributed by atoms with Crippen molar-refractivity contribution in [2.45, 2.75) is 25.7 Å². The zero-order valence-electron chi connectivity index (χ0n) is 7.82. The molecule has 0 radical (unpaired) electrons. The standard InChI is InChI=1S/C10H15F2N/c1-7(8-2-3-13-6-8)4-9-5-10(9,11)12/h4,8-9,13H,2-3,5-6H2,1H3/b7-4+. The van der Waals surface area contributed by atoms with Crippen LogP contribution in [0.1, 0.15) is 19.8 Å². The molecule has 2 atom stereocenters. The van der Waals surface area contributed by atoms with Gasteiger partial charge in [-0.05, 0) is 25.8 Å². The second-order valence-corrected chi connectivity index (χ2v) is 4.17. The maximum Gasteiger partial charge on any atom is 0.255 e. The van der Waals surface area contributed by atoms with Crippen LogP contribution in [0.3, 0.4) is 0 Å². The maximum atomic E-state index is 12.6. The van der Waals surface area contributed by atoms with Gasteiger partial charge >= 0.3 is 0 Å². The second-order valence-electron chi connectivity index (χ2n) is 4.17. The molecule has 1 heterocycles. The van der Waals surface area contributed by atoms with Crippen LogP contribution in [0.4, 0.5) is 8.78 Å². The summed E-state index contributed by atoms with van der Waals surface area (Å²) in [5.41, 5.74) is 1.15. The number of allylic oxidation sites excluding steroid dienone is 1. The number of hydrogen-bond donors (Lipinski definition) is 1. The summed E-state index contributed by atoms with van der Waals surface area (Å²) < 4.78 is 25.2. The van der Waals surface area contributed by atoms with E-state index in [4.69, 9.17) is 0 Å². The minimum Gasteiger partial charge on any atom is -0.316 e. The summed E-state index contributed by atoms with van der Waals surface area (Å²) in [5.74, 6) is -2.36. The van der Waals surface area contributed by atoms with Gasteiger partial charge in [0.25, 0.3) is 5.92 Å². The van der Waals surface area contributed by atoms with Crippen LogP contribution in [-0.2, 0) is 0 Å². The molecule has 0 aromatic rings. The molecule has 1 N–H and O–H groups in total. The molecule has 0 spiro atoms. The summed E-state index contributed by atoms with van der Waals surface area (Å²) in [6.45, 7) is 3.96. The molecule has 3 heteroatoms. The van der Waals surface area contributed by atoms with Crippen LogP contribution in [-0.4, -0.2) is 19.0 Å². The average molecular weight is 187 g/mol. The first-order valence-electron chi connectivity index (χ1n) is 4.86. The molecule has 1 aliphatic carbocycles. The highest BCUT2D eigenvalue weighted by molar-refractivity contribution is 5.16. The summed E-state index contributed by atoms with van der Waals surface area (Å²) in [6, 6.07) is 0. The van der Waals surface area contributed by atoms with Crippen molar-refractivity contribution in [1.29, 1.82) is 0 Å². The minimum absolute atomic E-state index is 0.0600. The summed E-state index contributed by atoms with van der Waals surface area (Å²) in [5, 5.41) is 3.24. The van der Waals surface area contributed by atoms with Gasteiger partial charge in [0.05, 0.1) is 0 Å². The van der Waals surface area contributed by atoms with E-state index in [1.807, 2.05) is 6.92 Å². The van der Waals surface area contributed by atoms with E-state index in [9.17, 15) is 8.78 Å². The first kappa shape index (κ1) is 9.13.